The largest absolute Gasteiger partial charge is 0.327 e. The molecule has 0 saturated heterocycles. The van der Waals surface area contributed by atoms with Crippen LogP contribution in [0.25, 0.3) is 50.2 Å². The van der Waals surface area contributed by atoms with Crippen molar-refractivity contribution in [2.24, 2.45) is 0 Å². The lowest BCUT2D eigenvalue weighted by atomic mass is 9.95. The highest BCUT2D eigenvalue weighted by Crippen LogP contribution is 2.33. The van der Waals surface area contributed by atoms with Crippen LogP contribution in [0.3, 0.4) is 0 Å². The van der Waals surface area contributed by atoms with E-state index in [-0.39, 0.29) is 0 Å². The zero-order valence-corrected chi connectivity index (χ0v) is 22.2. The molecule has 0 aliphatic heterocycles. The number of hydrogen-bond acceptors (Lipinski definition) is 4. The van der Waals surface area contributed by atoms with Gasteiger partial charge in [0.1, 0.15) is 5.69 Å². The minimum Gasteiger partial charge on any atom is -0.327 e. The fraction of sp³-hybridized carbons (Fsp3) is 0.212. The molecule has 0 amide bonds. The first-order valence-corrected chi connectivity index (χ1v) is 14.1. The van der Waals surface area contributed by atoms with Crippen molar-refractivity contribution >= 4 is 27.7 Å². The molecule has 4 aromatic heterocycles. The quantitative estimate of drug-likeness (QED) is 0.237. The van der Waals surface area contributed by atoms with Gasteiger partial charge in [-0.3, -0.25) is 0 Å². The molecule has 8 rings (SSSR count). The Balaban J connectivity index is 1.20. The number of imidazole rings is 3. The Morgan fingerprint density at radius 2 is 1.60 bits per heavy atom. The third-order valence-electron chi connectivity index (χ3n) is 8.30. The van der Waals surface area contributed by atoms with Gasteiger partial charge in [-0.25, -0.2) is 19.9 Å². The van der Waals surface area contributed by atoms with Gasteiger partial charge < -0.3 is 13.5 Å². The van der Waals surface area contributed by atoms with E-state index in [9.17, 15) is 0 Å². The summed E-state index contributed by atoms with van der Waals surface area (Å²) in [4.78, 5) is 19.3. The van der Waals surface area contributed by atoms with Gasteiger partial charge in [-0.05, 0) is 42.7 Å². The zero-order valence-electron chi connectivity index (χ0n) is 22.2. The maximum Gasteiger partial charge on any atom is 0.163 e. The number of hydrogen-bond donors (Lipinski definition) is 0. The van der Waals surface area contributed by atoms with Crippen LogP contribution in [0.15, 0.2) is 98.0 Å². The van der Waals surface area contributed by atoms with Crippen molar-refractivity contribution in [3.8, 4) is 22.5 Å². The van der Waals surface area contributed by atoms with E-state index in [4.69, 9.17) is 9.97 Å². The normalized spacial score (nSPS) is 14.5. The van der Waals surface area contributed by atoms with E-state index in [0.717, 1.165) is 51.3 Å². The topological polar surface area (TPSA) is 65.8 Å². The molecule has 0 radical (unpaired) electrons. The lowest BCUT2D eigenvalue weighted by molar-refractivity contribution is 0.359. The minimum atomic E-state index is 0.557. The van der Waals surface area contributed by atoms with Crippen LogP contribution in [-0.2, 0) is 6.54 Å². The Hall–Kier alpha value is -4.78. The van der Waals surface area contributed by atoms with Gasteiger partial charge in [-0.15, -0.1) is 0 Å². The molecule has 4 heterocycles. The predicted octanol–water partition coefficient (Wildman–Crippen LogP) is 7.32. The molecule has 1 fully saturated rings. The monoisotopic (exact) mass is 523 g/mol. The molecule has 3 aromatic carbocycles. The van der Waals surface area contributed by atoms with Crippen LogP contribution >= 0.6 is 0 Å². The van der Waals surface area contributed by atoms with Gasteiger partial charge in [0.25, 0.3) is 0 Å². The molecule has 7 aromatic rings. The summed E-state index contributed by atoms with van der Waals surface area (Å²) in [7, 11) is 0. The maximum atomic E-state index is 5.17. The van der Waals surface area contributed by atoms with E-state index in [1.807, 2.05) is 31.1 Å². The van der Waals surface area contributed by atoms with Crippen molar-refractivity contribution in [1.82, 2.24) is 33.5 Å². The maximum absolute atomic E-state index is 5.17. The van der Waals surface area contributed by atoms with Crippen LogP contribution in [0.5, 0.6) is 0 Å². The lowest BCUT2D eigenvalue weighted by Gasteiger charge is -2.23. The number of nitrogens with zero attached hydrogens (tertiary/aromatic N) is 7. The molecule has 7 heteroatoms. The van der Waals surface area contributed by atoms with Crippen molar-refractivity contribution in [3.05, 3.63) is 104 Å². The Kier molecular flexibility index (Phi) is 5.47. The molecular weight excluding hydrogens is 494 g/mol. The van der Waals surface area contributed by atoms with Crippen LogP contribution in [0.1, 0.15) is 43.7 Å². The van der Waals surface area contributed by atoms with E-state index in [1.54, 1.807) is 0 Å². The van der Waals surface area contributed by atoms with Gasteiger partial charge in [0.05, 0.1) is 40.4 Å². The number of fused-ring (bicyclic) bond motifs is 3. The van der Waals surface area contributed by atoms with E-state index in [2.05, 4.69) is 90.4 Å². The molecule has 7 nitrogen and oxygen atoms in total. The second-order valence-electron chi connectivity index (χ2n) is 10.8. The lowest BCUT2D eigenvalue weighted by Crippen LogP contribution is -2.11. The van der Waals surface area contributed by atoms with Crippen molar-refractivity contribution in [3.63, 3.8) is 0 Å². The molecular formula is C33H29N7. The Morgan fingerprint density at radius 3 is 2.50 bits per heavy atom. The van der Waals surface area contributed by atoms with Crippen molar-refractivity contribution in [1.29, 1.82) is 0 Å². The standard InChI is InChI=1S/C33H29N7/c1-3-7-23(8-4-1)19-39-21-35-27-13-11-25(18-31(27)39)32-33-34-15-16-38(33)20-29(37-32)24-12-14-30-28(17-24)36-22-40(30)26-9-5-2-6-10-26/h1,3-4,7-8,11-18,20-22,26H,2,5-6,9-10,19H2. The first-order valence-electron chi connectivity index (χ1n) is 14.1. The number of rotatable bonds is 5. The van der Waals surface area contributed by atoms with Crippen LogP contribution < -0.4 is 0 Å². The predicted molar refractivity (Wildman–Crippen MR) is 158 cm³/mol. The van der Waals surface area contributed by atoms with Crippen LogP contribution in [0.2, 0.25) is 0 Å². The summed E-state index contributed by atoms with van der Waals surface area (Å²) < 4.78 is 6.63. The minimum absolute atomic E-state index is 0.557. The molecule has 0 atom stereocenters. The summed E-state index contributed by atoms with van der Waals surface area (Å²) in [5.41, 5.74) is 10.2. The average Bonchev–Trinajstić information content (AvgIpc) is 3.76. The average molecular weight is 524 g/mol. The highest BCUT2D eigenvalue weighted by molar-refractivity contribution is 5.86. The van der Waals surface area contributed by atoms with Crippen LogP contribution in [0, 0.1) is 0 Å². The summed E-state index contributed by atoms with van der Waals surface area (Å²) >= 11 is 0. The summed E-state index contributed by atoms with van der Waals surface area (Å²) in [5, 5.41) is 0. The molecule has 0 bridgehead atoms. The Morgan fingerprint density at radius 1 is 0.750 bits per heavy atom. The first-order chi connectivity index (χ1) is 19.8. The molecule has 0 N–H and O–H groups in total. The second kappa shape index (κ2) is 9.45. The summed E-state index contributed by atoms with van der Waals surface area (Å²) in [5.74, 6) is 0. The number of aromatic nitrogens is 7. The van der Waals surface area contributed by atoms with Crippen LogP contribution in [-0.4, -0.2) is 33.5 Å². The summed E-state index contributed by atoms with van der Waals surface area (Å²) in [6.45, 7) is 0.764. The Bertz CT molecular complexity index is 1970. The summed E-state index contributed by atoms with van der Waals surface area (Å²) in [6, 6.07) is 23.9. The molecule has 0 unspecified atom stereocenters. The van der Waals surface area contributed by atoms with E-state index in [0.29, 0.717) is 6.04 Å². The van der Waals surface area contributed by atoms with Gasteiger partial charge in [-0.2, -0.15) is 0 Å². The van der Waals surface area contributed by atoms with Gasteiger partial charge in [-0.1, -0.05) is 61.7 Å². The highest BCUT2D eigenvalue weighted by atomic mass is 15.1. The number of benzene rings is 3. The highest BCUT2D eigenvalue weighted by Gasteiger charge is 2.18. The van der Waals surface area contributed by atoms with Crippen molar-refractivity contribution < 1.29 is 0 Å². The van der Waals surface area contributed by atoms with Crippen LogP contribution in [0.4, 0.5) is 0 Å². The molecule has 0 spiro atoms. The van der Waals surface area contributed by atoms with Gasteiger partial charge in [0, 0.05) is 42.3 Å². The molecule has 40 heavy (non-hydrogen) atoms. The van der Waals surface area contributed by atoms with Gasteiger partial charge in [0.2, 0.25) is 0 Å². The van der Waals surface area contributed by atoms with E-state index in [1.165, 1.54) is 43.2 Å². The van der Waals surface area contributed by atoms with Crippen molar-refractivity contribution in [2.45, 2.75) is 44.7 Å². The fourth-order valence-corrected chi connectivity index (χ4v) is 6.22. The second-order valence-corrected chi connectivity index (χ2v) is 10.8. The molecule has 1 aliphatic rings. The summed E-state index contributed by atoms with van der Waals surface area (Å²) in [6.07, 6.45) is 16.2. The third-order valence-corrected chi connectivity index (χ3v) is 8.30. The van der Waals surface area contributed by atoms with Gasteiger partial charge in [0.15, 0.2) is 5.65 Å². The van der Waals surface area contributed by atoms with E-state index >= 15 is 0 Å². The van der Waals surface area contributed by atoms with Crippen molar-refractivity contribution in [2.75, 3.05) is 0 Å². The molecule has 1 aliphatic carbocycles. The molecule has 196 valence electrons. The Labute approximate surface area is 231 Å². The van der Waals surface area contributed by atoms with Gasteiger partial charge >= 0.3 is 0 Å². The SMILES string of the molecule is c1ccc(Cn2cnc3ccc(-c4nc(-c5ccc6c(c5)ncn6C5CCCCC5)cn5ccnc45)cc32)cc1. The molecule has 1 saturated carbocycles. The van der Waals surface area contributed by atoms with E-state index < -0.39 is 0 Å². The fourth-order valence-electron chi connectivity index (χ4n) is 6.22. The zero-order chi connectivity index (χ0) is 26.5. The smallest absolute Gasteiger partial charge is 0.163 e. The third kappa shape index (κ3) is 3.97. The first kappa shape index (κ1) is 23.1.